The summed E-state index contributed by atoms with van der Waals surface area (Å²) in [5.74, 6) is 0.862. The summed E-state index contributed by atoms with van der Waals surface area (Å²) in [7, 11) is -0.725. The number of furan rings is 1. The van der Waals surface area contributed by atoms with Crippen LogP contribution in [0.25, 0.3) is 0 Å². The van der Waals surface area contributed by atoms with Crippen LogP contribution in [0, 0.1) is 0 Å². The van der Waals surface area contributed by atoms with Gasteiger partial charge in [-0.05, 0) is 26.4 Å². The second kappa shape index (κ2) is 9.14. The van der Waals surface area contributed by atoms with Crippen molar-refractivity contribution >= 4 is 27.6 Å². The number of urea groups is 1. The minimum absolute atomic E-state index is 0.0140. The van der Waals surface area contributed by atoms with E-state index >= 15 is 0 Å². The van der Waals surface area contributed by atoms with Crippen LogP contribution in [0.1, 0.15) is 63.9 Å². The van der Waals surface area contributed by atoms with Gasteiger partial charge in [-0.3, -0.25) is 4.68 Å². The van der Waals surface area contributed by atoms with Crippen LogP contribution in [0.3, 0.4) is 0 Å². The van der Waals surface area contributed by atoms with Crippen LogP contribution in [0.15, 0.2) is 22.9 Å². The number of amides is 2. The summed E-state index contributed by atoms with van der Waals surface area (Å²) in [6, 6.07) is 0.154. The number of likely N-dealkylation sites (tertiary alicyclic amines) is 1. The number of nitrogens with two attached hydrogens (primary N) is 1. The van der Waals surface area contributed by atoms with Gasteiger partial charge in [0.15, 0.2) is 0 Å². The molecule has 178 valence electrons. The third kappa shape index (κ3) is 4.63. The van der Waals surface area contributed by atoms with Crippen LogP contribution in [0.5, 0.6) is 0 Å². The largest absolute Gasteiger partial charge is 0.463 e. The van der Waals surface area contributed by atoms with Gasteiger partial charge < -0.3 is 15.1 Å². The highest BCUT2D eigenvalue weighted by molar-refractivity contribution is 7.95. The van der Waals surface area contributed by atoms with Crippen molar-refractivity contribution < 1.29 is 17.6 Å². The molecular weight excluding hydrogens is 432 g/mol. The molecule has 1 atom stereocenters. The highest BCUT2D eigenvalue weighted by Crippen LogP contribution is 2.37. The normalized spacial score (nSPS) is 17.8. The number of hydrogen-bond acceptors (Lipinski definition) is 6. The summed E-state index contributed by atoms with van der Waals surface area (Å²) in [6.07, 6.45) is 4.61. The molecule has 1 unspecified atom stereocenters. The monoisotopic (exact) mass is 466 g/mol. The average molecular weight is 467 g/mol. The Kier molecular flexibility index (Phi) is 6.89. The van der Waals surface area contributed by atoms with Gasteiger partial charge in [0.25, 0.3) is 0 Å². The first-order chi connectivity index (χ1) is 14.9. The molecule has 0 aliphatic carbocycles. The Hall–Kier alpha value is -2.53. The van der Waals surface area contributed by atoms with Crippen LogP contribution >= 0.6 is 0 Å². The molecule has 2 aromatic heterocycles. The van der Waals surface area contributed by atoms with Crippen molar-refractivity contribution in [3.05, 3.63) is 30.0 Å². The van der Waals surface area contributed by atoms with E-state index in [-0.39, 0.29) is 23.6 Å². The second-order valence-corrected chi connectivity index (χ2v) is 10.7. The molecule has 1 aliphatic heterocycles. The van der Waals surface area contributed by atoms with Crippen molar-refractivity contribution in [2.45, 2.75) is 58.4 Å². The number of rotatable bonds is 7. The number of carbonyl (C=O) groups is 1. The van der Waals surface area contributed by atoms with Crippen LogP contribution in [-0.2, 0) is 17.3 Å². The van der Waals surface area contributed by atoms with Crippen LogP contribution < -0.4 is 14.3 Å². The van der Waals surface area contributed by atoms with Gasteiger partial charge in [0, 0.05) is 37.7 Å². The van der Waals surface area contributed by atoms with Crippen molar-refractivity contribution in [2.75, 3.05) is 28.7 Å². The minimum Gasteiger partial charge on any atom is -0.463 e. The number of likely N-dealkylation sites (N-methyl/N-ethyl adjacent to an activating group) is 1. The number of primary amides is 1. The first-order valence-electron chi connectivity index (χ1n) is 10.9. The molecule has 32 heavy (non-hydrogen) atoms. The first kappa shape index (κ1) is 24.1. The fourth-order valence-electron chi connectivity index (χ4n) is 4.10. The van der Waals surface area contributed by atoms with Gasteiger partial charge in [0.2, 0.25) is 0 Å². The summed E-state index contributed by atoms with van der Waals surface area (Å²) in [4.78, 5) is 14.7. The molecular formula is C21H34N6O4S. The van der Waals surface area contributed by atoms with Crippen molar-refractivity contribution in [1.29, 1.82) is 0 Å². The van der Waals surface area contributed by atoms with E-state index in [0.29, 0.717) is 34.5 Å². The van der Waals surface area contributed by atoms with Crippen molar-refractivity contribution in [1.82, 2.24) is 14.7 Å². The van der Waals surface area contributed by atoms with Crippen LogP contribution in [-0.4, -0.2) is 55.3 Å². The molecule has 0 bridgehead atoms. The summed E-state index contributed by atoms with van der Waals surface area (Å²) in [5, 5.41) is 4.16. The van der Waals surface area contributed by atoms with E-state index in [1.165, 1.54) is 15.2 Å². The molecule has 1 fully saturated rings. The maximum atomic E-state index is 14.1. The van der Waals surface area contributed by atoms with E-state index in [4.69, 9.17) is 10.2 Å². The van der Waals surface area contributed by atoms with Crippen molar-refractivity contribution in [2.24, 2.45) is 12.8 Å². The third-order valence-corrected chi connectivity index (χ3v) is 7.47. The first-order valence-corrected chi connectivity index (χ1v) is 12.3. The van der Waals surface area contributed by atoms with E-state index in [9.17, 15) is 13.2 Å². The van der Waals surface area contributed by atoms with Crippen LogP contribution in [0.4, 0.5) is 16.2 Å². The molecule has 0 saturated carbocycles. The number of carbonyl (C=O) groups excluding carboxylic acids is 1. The summed E-state index contributed by atoms with van der Waals surface area (Å²) in [5.41, 5.74) is 6.24. The average Bonchev–Trinajstić information content (AvgIpc) is 3.28. The van der Waals surface area contributed by atoms with E-state index in [1.807, 2.05) is 34.7 Å². The van der Waals surface area contributed by atoms with Gasteiger partial charge in [0.05, 0.1) is 17.9 Å². The van der Waals surface area contributed by atoms with E-state index in [0.717, 1.165) is 13.0 Å². The molecule has 0 radical (unpaired) electrons. The zero-order chi connectivity index (χ0) is 23.8. The lowest BCUT2D eigenvalue weighted by Crippen LogP contribution is -2.56. The maximum absolute atomic E-state index is 14.1. The Morgan fingerprint density at radius 1 is 1.25 bits per heavy atom. The Morgan fingerprint density at radius 2 is 1.94 bits per heavy atom. The van der Waals surface area contributed by atoms with Gasteiger partial charge >= 0.3 is 16.2 Å². The molecule has 2 N–H and O–H groups in total. The van der Waals surface area contributed by atoms with Gasteiger partial charge in [-0.1, -0.05) is 27.7 Å². The highest BCUT2D eigenvalue weighted by atomic mass is 32.2. The molecule has 2 aromatic rings. The number of piperidine rings is 1. The van der Waals surface area contributed by atoms with E-state index in [2.05, 4.69) is 10.00 Å². The molecule has 0 aromatic carbocycles. The van der Waals surface area contributed by atoms with Gasteiger partial charge in [-0.2, -0.15) is 17.8 Å². The Labute approximate surface area is 190 Å². The van der Waals surface area contributed by atoms with Crippen molar-refractivity contribution in [3.8, 4) is 0 Å². The topological polar surface area (TPSA) is 118 Å². The van der Waals surface area contributed by atoms with E-state index < -0.39 is 16.2 Å². The number of anilines is 2. The molecule has 1 aliphatic rings. The predicted molar refractivity (Wildman–Crippen MR) is 124 cm³/mol. The fourth-order valence-corrected chi connectivity index (χ4v) is 5.81. The molecule has 3 rings (SSSR count). The quantitative estimate of drug-likeness (QED) is 0.670. The molecule has 10 nitrogen and oxygen atoms in total. The minimum atomic E-state index is -4.39. The fraction of sp³-hybridized carbons (Fsp3) is 0.619. The Morgan fingerprint density at radius 3 is 2.44 bits per heavy atom. The lowest BCUT2D eigenvalue weighted by Gasteiger charge is -2.39. The molecule has 0 spiro atoms. The summed E-state index contributed by atoms with van der Waals surface area (Å²) < 4.78 is 37.7. The number of hydrogen-bond donors (Lipinski definition) is 1. The van der Waals surface area contributed by atoms with Gasteiger partial charge in [0.1, 0.15) is 17.2 Å². The smallest absolute Gasteiger partial charge is 0.335 e. The number of aryl methyl sites for hydroxylation is 1. The third-order valence-electron chi connectivity index (χ3n) is 5.63. The number of nitrogens with zero attached hydrogens (tertiary/aromatic N) is 5. The van der Waals surface area contributed by atoms with Gasteiger partial charge in [-0.15, -0.1) is 0 Å². The lowest BCUT2D eigenvalue weighted by atomic mass is 10.1. The summed E-state index contributed by atoms with van der Waals surface area (Å²) in [6.45, 7) is 9.06. The predicted octanol–water partition coefficient (Wildman–Crippen LogP) is 2.99. The van der Waals surface area contributed by atoms with E-state index in [1.54, 1.807) is 19.3 Å². The zero-order valence-corrected chi connectivity index (χ0v) is 20.5. The van der Waals surface area contributed by atoms with Crippen LogP contribution in [0.2, 0.25) is 0 Å². The molecule has 3 heterocycles. The lowest BCUT2D eigenvalue weighted by molar-refractivity contribution is 0.252. The summed E-state index contributed by atoms with van der Waals surface area (Å²) >= 11 is 0. The zero-order valence-electron chi connectivity index (χ0n) is 19.6. The Bertz CT molecular complexity index is 1060. The standard InChI is InChI=1S/C21H34N6O4S/c1-14(2)19-10-18(20(31-19)15(3)4)27(21(22)28)32(29,30)26(17-11-23-25(6)13-17)16-8-7-9-24(5)12-16/h10-11,13-16H,7-9,12H2,1-6H3,(H2,22,28). The van der Waals surface area contributed by atoms with Gasteiger partial charge in [-0.25, -0.2) is 9.10 Å². The highest BCUT2D eigenvalue weighted by Gasteiger charge is 2.42. The molecule has 11 heteroatoms. The maximum Gasteiger partial charge on any atom is 0.335 e. The van der Waals surface area contributed by atoms with Crippen molar-refractivity contribution in [3.63, 3.8) is 0 Å². The number of aromatic nitrogens is 2. The Balaban J connectivity index is 2.18. The second-order valence-electron chi connectivity index (χ2n) is 9.04. The molecule has 2 amide bonds. The molecule has 1 saturated heterocycles. The SMILES string of the molecule is CC(C)c1cc(N(C(N)=O)S(=O)(=O)N(c2cnn(C)c2)C2CCCN(C)C2)c(C(C)C)o1.